The van der Waals surface area contributed by atoms with Crippen molar-refractivity contribution in [1.82, 2.24) is 4.31 Å². The van der Waals surface area contributed by atoms with Gasteiger partial charge < -0.3 is 0 Å². The molecule has 0 saturated heterocycles. The minimum Gasteiger partial charge on any atom is -0.246 e. The highest BCUT2D eigenvalue weighted by Crippen LogP contribution is 2.33. The third kappa shape index (κ3) is 4.36. The molecule has 0 aromatic heterocycles. The summed E-state index contributed by atoms with van der Waals surface area (Å²) in [6.45, 7) is 6.95. The number of benzene rings is 1. The molecule has 1 aromatic rings. The molecule has 1 aromatic carbocycles. The molecule has 0 aliphatic heterocycles. The second-order valence-corrected chi connectivity index (χ2v) is 6.09. The molecule has 2 rings (SSSR count). The molecule has 0 spiro atoms. The quantitative estimate of drug-likeness (QED) is 0.660. The zero-order chi connectivity index (χ0) is 12.1. The van der Waals surface area contributed by atoms with Crippen molar-refractivity contribution in [2.45, 2.75) is 44.4 Å². The van der Waals surface area contributed by atoms with Crippen LogP contribution in [0.25, 0.3) is 0 Å². The summed E-state index contributed by atoms with van der Waals surface area (Å²) in [5.74, 6) is 0.976. The highest BCUT2D eigenvalue weighted by atomic mass is 32.2. The van der Waals surface area contributed by atoms with Gasteiger partial charge in [0.05, 0.1) is 0 Å². The molecular formula is C15H23NS. The van der Waals surface area contributed by atoms with E-state index in [1.165, 1.54) is 42.8 Å². The summed E-state index contributed by atoms with van der Waals surface area (Å²) in [6.07, 6.45) is 5.25. The summed E-state index contributed by atoms with van der Waals surface area (Å²) in [6, 6.07) is 9.03. The molecule has 0 bridgehead atoms. The average molecular weight is 249 g/mol. The molecule has 1 fully saturated rings. The molecule has 1 aliphatic carbocycles. The fraction of sp³-hybridized carbons (Fsp3) is 0.600. The molecule has 0 unspecified atom stereocenters. The molecule has 1 nitrogen and oxygen atoms in total. The minimum absolute atomic E-state index is 0.976. The Hall–Kier alpha value is -0.470. The van der Waals surface area contributed by atoms with Crippen molar-refractivity contribution in [2.24, 2.45) is 5.92 Å². The van der Waals surface area contributed by atoms with Crippen LogP contribution in [0.2, 0.25) is 0 Å². The summed E-state index contributed by atoms with van der Waals surface area (Å²) in [5, 5.41) is 0. The van der Waals surface area contributed by atoms with Crippen LogP contribution in [0, 0.1) is 5.92 Å². The lowest BCUT2D eigenvalue weighted by atomic mass is 10.2. The summed E-state index contributed by atoms with van der Waals surface area (Å²) in [7, 11) is 0. The summed E-state index contributed by atoms with van der Waals surface area (Å²) < 4.78 is 2.54. The predicted octanol–water partition coefficient (Wildman–Crippen LogP) is 4.38. The van der Waals surface area contributed by atoms with Gasteiger partial charge in [0, 0.05) is 18.0 Å². The van der Waals surface area contributed by atoms with Gasteiger partial charge in [-0.1, -0.05) is 26.0 Å². The van der Waals surface area contributed by atoms with Gasteiger partial charge in [-0.2, -0.15) is 0 Å². The Bertz CT molecular complexity index is 329. The fourth-order valence-corrected chi connectivity index (χ4v) is 3.06. The van der Waals surface area contributed by atoms with Crippen LogP contribution in [0.3, 0.4) is 0 Å². The second-order valence-electron chi connectivity index (χ2n) is 4.92. The molecule has 0 heterocycles. The molecule has 1 aliphatic rings. The van der Waals surface area contributed by atoms with Gasteiger partial charge >= 0.3 is 0 Å². The highest BCUT2D eigenvalue weighted by molar-refractivity contribution is 7.97. The third-order valence-electron chi connectivity index (χ3n) is 3.20. The van der Waals surface area contributed by atoms with Crippen LogP contribution in [-0.4, -0.2) is 17.4 Å². The van der Waals surface area contributed by atoms with Gasteiger partial charge in [-0.25, -0.2) is 4.31 Å². The van der Waals surface area contributed by atoms with Crippen molar-refractivity contribution in [3.8, 4) is 0 Å². The van der Waals surface area contributed by atoms with E-state index in [4.69, 9.17) is 0 Å². The lowest BCUT2D eigenvalue weighted by Crippen LogP contribution is -2.19. The van der Waals surface area contributed by atoms with E-state index in [-0.39, 0.29) is 0 Å². The zero-order valence-electron chi connectivity index (χ0n) is 11.0. The minimum atomic E-state index is 0.976. The Morgan fingerprint density at radius 1 is 1.18 bits per heavy atom. The normalized spacial score (nSPS) is 15.5. The van der Waals surface area contributed by atoms with Crippen molar-refractivity contribution < 1.29 is 0 Å². The van der Waals surface area contributed by atoms with Crippen LogP contribution in [-0.2, 0) is 6.42 Å². The smallest absolute Gasteiger partial charge is 0.0230 e. The summed E-state index contributed by atoms with van der Waals surface area (Å²) in [5.41, 5.74) is 1.43. The first-order valence-electron chi connectivity index (χ1n) is 6.83. The molecule has 0 N–H and O–H groups in total. The Balaban J connectivity index is 1.90. The standard InChI is InChI=1S/C15H23NS/c1-3-11-16(12-14-5-6-14)17-15-9-7-13(4-2)8-10-15/h7-10,14H,3-6,11-12H2,1-2H3. The van der Waals surface area contributed by atoms with Crippen LogP contribution in [0.1, 0.15) is 38.7 Å². The van der Waals surface area contributed by atoms with Crippen LogP contribution in [0.5, 0.6) is 0 Å². The Morgan fingerprint density at radius 3 is 2.41 bits per heavy atom. The maximum absolute atomic E-state index is 2.54. The lowest BCUT2D eigenvalue weighted by molar-refractivity contribution is 0.447. The van der Waals surface area contributed by atoms with E-state index >= 15 is 0 Å². The lowest BCUT2D eigenvalue weighted by Gasteiger charge is -2.20. The predicted molar refractivity (Wildman–Crippen MR) is 76.3 cm³/mol. The first kappa shape index (κ1) is 13.0. The van der Waals surface area contributed by atoms with Gasteiger partial charge in [-0.3, -0.25) is 0 Å². The first-order chi connectivity index (χ1) is 8.31. The largest absolute Gasteiger partial charge is 0.246 e. The number of hydrogen-bond acceptors (Lipinski definition) is 2. The number of rotatable bonds is 7. The summed E-state index contributed by atoms with van der Waals surface area (Å²) in [4.78, 5) is 1.39. The highest BCUT2D eigenvalue weighted by Gasteiger charge is 2.24. The zero-order valence-corrected chi connectivity index (χ0v) is 11.8. The fourth-order valence-electron chi connectivity index (χ4n) is 1.95. The number of nitrogens with zero attached hydrogens (tertiary/aromatic N) is 1. The topological polar surface area (TPSA) is 3.24 Å². The SMILES string of the molecule is CCCN(CC1CC1)Sc1ccc(CC)cc1. The number of aryl methyl sites for hydroxylation is 1. The van der Waals surface area contributed by atoms with Crippen molar-refractivity contribution in [2.75, 3.05) is 13.1 Å². The molecule has 94 valence electrons. The molecule has 0 amide bonds. The van der Waals surface area contributed by atoms with Crippen molar-refractivity contribution >= 4 is 11.9 Å². The van der Waals surface area contributed by atoms with Crippen LogP contribution in [0.4, 0.5) is 0 Å². The van der Waals surface area contributed by atoms with E-state index in [0.29, 0.717) is 0 Å². The average Bonchev–Trinajstić information content (AvgIpc) is 3.14. The van der Waals surface area contributed by atoms with Gasteiger partial charge in [-0.15, -0.1) is 0 Å². The van der Waals surface area contributed by atoms with Crippen molar-refractivity contribution in [3.63, 3.8) is 0 Å². The monoisotopic (exact) mass is 249 g/mol. The molecule has 0 radical (unpaired) electrons. The summed E-state index contributed by atoms with van der Waals surface area (Å²) >= 11 is 1.93. The molecule has 0 atom stereocenters. The maximum atomic E-state index is 2.54. The van der Waals surface area contributed by atoms with Gasteiger partial charge in [0.1, 0.15) is 0 Å². The molecule has 17 heavy (non-hydrogen) atoms. The first-order valence-corrected chi connectivity index (χ1v) is 7.61. The van der Waals surface area contributed by atoms with Crippen molar-refractivity contribution in [1.29, 1.82) is 0 Å². The van der Waals surface area contributed by atoms with E-state index < -0.39 is 0 Å². The van der Waals surface area contributed by atoms with E-state index in [9.17, 15) is 0 Å². The van der Waals surface area contributed by atoms with E-state index in [1.807, 2.05) is 11.9 Å². The van der Waals surface area contributed by atoms with Crippen molar-refractivity contribution in [3.05, 3.63) is 29.8 Å². The van der Waals surface area contributed by atoms with E-state index in [0.717, 1.165) is 12.3 Å². The maximum Gasteiger partial charge on any atom is 0.0230 e. The second kappa shape index (κ2) is 6.46. The molecule has 2 heteroatoms. The van der Waals surface area contributed by atoms with Gasteiger partial charge in [-0.05, 0) is 61.2 Å². The Kier molecular flexibility index (Phi) is 4.93. The van der Waals surface area contributed by atoms with Gasteiger partial charge in [0.2, 0.25) is 0 Å². The van der Waals surface area contributed by atoms with Crippen LogP contribution < -0.4 is 0 Å². The van der Waals surface area contributed by atoms with Crippen LogP contribution >= 0.6 is 11.9 Å². The van der Waals surface area contributed by atoms with Gasteiger partial charge in [0.25, 0.3) is 0 Å². The van der Waals surface area contributed by atoms with Gasteiger partial charge in [0.15, 0.2) is 0 Å². The van der Waals surface area contributed by atoms with Crippen LogP contribution in [0.15, 0.2) is 29.2 Å². The van der Waals surface area contributed by atoms with E-state index in [2.05, 4.69) is 42.4 Å². The molecular weight excluding hydrogens is 226 g/mol. The van der Waals surface area contributed by atoms with E-state index in [1.54, 1.807) is 0 Å². The Labute approximate surface area is 110 Å². The third-order valence-corrected chi connectivity index (χ3v) is 4.27. The Morgan fingerprint density at radius 2 is 1.88 bits per heavy atom. The molecule has 1 saturated carbocycles. The number of hydrogen-bond donors (Lipinski definition) is 0.